The Kier molecular flexibility index (Phi) is 6.85. The Morgan fingerprint density at radius 1 is 1.29 bits per heavy atom. The number of unbranched alkanes of at least 4 members (excludes halogenated alkanes) is 2. The molecule has 1 aromatic heterocycles. The third-order valence-electron chi connectivity index (χ3n) is 4.09. The number of carbonyl (C=O) groups excluding carboxylic acids is 1. The molecule has 0 radical (unpaired) electrons. The molecule has 0 amide bonds. The van der Waals surface area contributed by atoms with Crippen molar-refractivity contribution in [1.29, 1.82) is 0 Å². The SMILES string of the molecule is CCCCCOc1ccc(Cn2c(C)nc(CC)c2C=O)c(Cl)c1. The highest BCUT2D eigenvalue weighted by molar-refractivity contribution is 6.31. The summed E-state index contributed by atoms with van der Waals surface area (Å²) in [5.74, 6) is 1.61. The Morgan fingerprint density at radius 3 is 2.71 bits per heavy atom. The molecule has 0 fully saturated rings. The van der Waals surface area contributed by atoms with Crippen molar-refractivity contribution in [1.82, 2.24) is 9.55 Å². The zero-order valence-electron chi connectivity index (χ0n) is 14.6. The van der Waals surface area contributed by atoms with Crippen molar-refractivity contribution in [3.8, 4) is 5.75 Å². The smallest absolute Gasteiger partial charge is 0.168 e. The first-order valence-electron chi connectivity index (χ1n) is 8.53. The molecular formula is C19H25ClN2O2. The summed E-state index contributed by atoms with van der Waals surface area (Å²) in [7, 11) is 0. The fraction of sp³-hybridized carbons (Fsp3) is 0.474. The van der Waals surface area contributed by atoms with Crippen LogP contribution in [0.5, 0.6) is 5.75 Å². The van der Waals surface area contributed by atoms with E-state index in [-0.39, 0.29) is 0 Å². The first-order chi connectivity index (χ1) is 11.6. The molecule has 1 aromatic carbocycles. The Morgan fingerprint density at radius 2 is 2.08 bits per heavy atom. The van der Waals surface area contributed by atoms with E-state index in [1.807, 2.05) is 36.6 Å². The zero-order valence-corrected chi connectivity index (χ0v) is 15.4. The van der Waals surface area contributed by atoms with Gasteiger partial charge in [0.2, 0.25) is 0 Å². The number of benzene rings is 1. The number of ether oxygens (including phenoxy) is 1. The van der Waals surface area contributed by atoms with Crippen LogP contribution < -0.4 is 4.74 Å². The second kappa shape index (κ2) is 8.88. The van der Waals surface area contributed by atoms with Crippen molar-refractivity contribution >= 4 is 17.9 Å². The number of hydrogen-bond acceptors (Lipinski definition) is 3. The third kappa shape index (κ3) is 4.38. The molecule has 130 valence electrons. The van der Waals surface area contributed by atoms with Gasteiger partial charge in [0.05, 0.1) is 18.8 Å². The van der Waals surface area contributed by atoms with E-state index in [0.29, 0.717) is 23.9 Å². The van der Waals surface area contributed by atoms with Gasteiger partial charge in [-0.25, -0.2) is 4.98 Å². The molecule has 0 bridgehead atoms. The number of imidazole rings is 1. The molecule has 0 saturated carbocycles. The Labute approximate surface area is 148 Å². The number of halogens is 1. The lowest BCUT2D eigenvalue weighted by Crippen LogP contribution is -2.07. The van der Waals surface area contributed by atoms with Crippen LogP contribution in [0.4, 0.5) is 0 Å². The van der Waals surface area contributed by atoms with E-state index in [1.165, 1.54) is 12.8 Å². The molecule has 0 N–H and O–H groups in total. The lowest BCUT2D eigenvalue weighted by Gasteiger charge is -2.11. The minimum atomic E-state index is 0.530. The van der Waals surface area contributed by atoms with Crippen molar-refractivity contribution in [3.63, 3.8) is 0 Å². The van der Waals surface area contributed by atoms with Crippen LogP contribution in [0.3, 0.4) is 0 Å². The highest BCUT2D eigenvalue weighted by atomic mass is 35.5. The van der Waals surface area contributed by atoms with Gasteiger partial charge in [-0.3, -0.25) is 4.79 Å². The summed E-state index contributed by atoms with van der Waals surface area (Å²) in [6.45, 7) is 7.31. The van der Waals surface area contributed by atoms with E-state index >= 15 is 0 Å². The largest absolute Gasteiger partial charge is 0.494 e. The fourth-order valence-electron chi connectivity index (χ4n) is 2.69. The van der Waals surface area contributed by atoms with Crippen LogP contribution >= 0.6 is 11.6 Å². The molecule has 5 heteroatoms. The summed E-state index contributed by atoms with van der Waals surface area (Å²) in [6, 6.07) is 5.73. The average molecular weight is 349 g/mol. The van der Waals surface area contributed by atoms with Gasteiger partial charge < -0.3 is 9.30 Å². The molecule has 24 heavy (non-hydrogen) atoms. The van der Waals surface area contributed by atoms with Gasteiger partial charge in [-0.15, -0.1) is 0 Å². The summed E-state index contributed by atoms with van der Waals surface area (Å²) < 4.78 is 7.64. The van der Waals surface area contributed by atoms with Crippen LogP contribution in [-0.2, 0) is 13.0 Å². The summed E-state index contributed by atoms with van der Waals surface area (Å²) in [6.07, 6.45) is 5.00. The predicted octanol–water partition coefficient (Wildman–Crippen LogP) is 4.84. The van der Waals surface area contributed by atoms with Crippen molar-refractivity contribution in [3.05, 3.63) is 46.0 Å². The fourth-order valence-corrected chi connectivity index (χ4v) is 2.92. The van der Waals surface area contributed by atoms with E-state index in [4.69, 9.17) is 16.3 Å². The lowest BCUT2D eigenvalue weighted by atomic mass is 10.2. The Bertz CT molecular complexity index is 695. The number of aromatic nitrogens is 2. The number of hydrogen-bond donors (Lipinski definition) is 0. The molecule has 0 spiro atoms. The second-order valence-corrected chi connectivity index (χ2v) is 6.26. The number of carbonyl (C=O) groups is 1. The summed E-state index contributed by atoms with van der Waals surface area (Å²) in [5, 5.41) is 0.644. The van der Waals surface area contributed by atoms with Gasteiger partial charge in [-0.05, 0) is 37.5 Å². The van der Waals surface area contributed by atoms with Gasteiger partial charge in [-0.2, -0.15) is 0 Å². The molecule has 2 rings (SSSR count). The second-order valence-electron chi connectivity index (χ2n) is 5.86. The number of aldehydes is 1. The van der Waals surface area contributed by atoms with Crippen molar-refractivity contribution < 1.29 is 9.53 Å². The Hall–Kier alpha value is -1.81. The van der Waals surface area contributed by atoms with Gasteiger partial charge in [0.15, 0.2) is 6.29 Å². The molecule has 0 aliphatic heterocycles. The topological polar surface area (TPSA) is 44.1 Å². The van der Waals surface area contributed by atoms with Crippen LogP contribution in [0.1, 0.15) is 60.7 Å². The van der Waals surface area contributed by atoms with Gasteiger partial charge >= 0.3 is 0 Å². The van der Waals surface area contributed by atoms with Crippen LogP contribution in [-0.4, -0.2) is 22.4 Å². The monoisotopic (exact) mass is 348 g/mol. The molecule has 2 aromatic rings. The quantitative estimate of drug-likeness (QED) is 0.481. The maximum atomic E-state index is 11.4. The van der Waals surface area contributed by atoms with E-state index < -0.39 is 0 Å². The highest BCUT2D eigenvalue weighted by Gasteiger charge is 2.14. The average Bonchev–Trinajstić information content (AvgIpc) is 2.89. The van der Waals surface area contributed by atoms with Crippen molar-refractivity contribution in [2.45, 2.75) is 53.0 Å². The molecule has 1 heterocycles. The van der Waals surface area contributed by atoms with E-state index in [0.717, 1.165) is 42.0 Å². The van der Waals surface area contributed by atoms with Crippen LogP contribution in [0.25, 0.3) is 0 Å². The molecule has 0 atom stereocenters. The summed E-state index contributed by atoms with van der Waals surface area (Å²) in [5.41, 5.74) is 2.41. The maximum absolute atomic E-state index is 11.4. The van der Waals surface area contributed by atoms with Gasteiger partial charge in [0.1, 0.15) is 17.3 Å². The molecule has 4 nitrogen and oxygen atoms in total. The normalized spacial score (nSPS) is 10.8. The standard InChI is InChI=1S/C19H25ClN2O2/c1-4-6-7-10-24-16-9-8-15(17(20)11-16)12-22-14(3)21-18(5-2)19(22)13-23/h8-9,11,13H,4-7,10,12H2,1-3H3. The van der Waals surface area contributed by atoms with Gasteiger partial charge in [-0.1, -0.05) is 44.4 Å². The molecular weight excluding hydrogens is 324 g/mol. The van der Waals surface area contributed by atoms with Gasteiger partial charge in [0.25, 0.3) is 0 Å². The molecule has 0 aliphatic rings. The van der Waals surface area contributed by atoms with Crippen LogP contribution in [0.15, 0.2) is 18.2 Å². The first-order valence-corrected chi connectivity index (χ1v) is 8.90. The highest BCUT2D eigenvalue weighted by Crippen LogP contribution is 2.25. The number of aryl methyl sites for hydroxylation is 2. The number of rotatable bonds is 9. The minimum Gasteiger partial charge on any atom is -0.494 e. The summed E-state index contributed by atoms with van der Waals surface area (Å²) >= 11 is 6.41. The van der Waals surface area contributed by atoms with Crippen molar-refractivity contribution in [2.75, 3.05) is 6.61 Å². The molecule has 0 saturated heterocycles. The first kappa shape index (κ1) is 18.5. The third-order valence-corrected chi connectivity index (χ3v) is 4.44. The predicted molar refractivity (Wildman–Crippen MR) is 97.3 cm³/mol. The van der Waals surface area contributed by atoms with E-state index in [1.54, 1.807) is 0 Å². The zero-order chi connectivity index (χ0) is 17.5. The summed E-state index contributed by atoms with van der Waals surface area (Å²) in [4.78, 5) is 15.9. The van der Waals surface area contributed by atoms with E-state index in [9.17, 15) is 4.79 Å². The van der Waals surface area contributed by atoms with Crippen LogP contribution in [0.2, 0.25) is 5.02 Å². The van der Waals surface area contributed by atoms with Gasteiger partial charge in [0, 0.05) is 5.02 Å². The molecule has 0 aliphatic carbocycles. The number of nitrogens with zero attached hydrogens (tertiary/aromatic N) is 2. The minimum absolute atomic E-state index is 0.530. The maximum Gasteiger partial charge on any atom is 0.168 e. The Balaban J connectivity index is 2.13. The lowest BCUT2D eigenvalue weighted by molar-refractivity contribution is 0.111. The van der Waals surface area contributed by atoms with Crippen molar-refractivity contribution in [2.24, 2.45) is 0 Å². The van der Waals surface area contributed by atoms with E-state index in [2.05, 4.69) is 11.9 Å². The van der Waals surface area contributed by atoms with Crippen LogP contribution in [0, 0.1) is 6.92 Å². The molecule has 0 unspecified atom stereocenters.